The third-order valence-corrected chi connectivity index (χ3v) is 3.53. The number of carbonyl (C=O) groups is 2. The first kappa shape index (κ1) is 12.8. The van der Waals surface area contributed by atoms with E-state index < -0.39 is 11.7 Å². The van der Waals surface area contributed by atoms with E-state index in [1.54, 1.807) is 6.07 Å². The van der Waals surface area contributed by atoms with Crippen molar-refractivity contribution in [2.45, 2.75) is 45.6 Å². The topological polar surface area (TPSA) is 46.2 Å². The standard InChI is InChI=1S/C15H19NO2/c1-10-7-8-11(2)13(9-10)14(17)15(18)16-12-5-3-4-6-12/h7-9,12H,3-6H2,1-2H3,(H,16,18). The first-order chi connectivity index (χ1) is 8.58. The van der Waals surface area contributed by atoms with E-state index >= 15 is 0 Å². The number of Topliss-reactive ketones (excluding diaryl/α,β-unsaturated/α-hetero) is 1. The molecule has 3 nitrogen and oxygen atoms in total. The Morgan fingerprint density at radius 3 is 2.50 bits per heavy atom. The van der Waals surface area contributed by atoms with Gasteiger partial charge in [-0.05, 0) is 38.3 Å². The molecule has 1 saturated carbocycles. The van der Waals surface area contributed by atoms with E-state index in [2.05, 4.69) is 5.32 Å². The SMILES string of the molecule is Cc1ccc(C)c(C(=O)C(=O)NC2CCCC2)c1. The van der Waals surface area contributed by atoms with Crippen LogP contribution in [0.5, 0.6) is 0 Å². The van der Waals surface area contributed by atoms with E-state index in [4.69, 9.17) is 0 Å². The van der Waals surface area contributed by atoms with Crippen molar-refractivity contribution >= 4 is 11.7 Å². The van der Waals surface area contributed by atoms with Crippen LogP contribution < -0.4 is 5.32 Å². The van der Waals surface area contributed by atoms with Crippen LogP contribution in [0.15, 0.2) is 18.2 Å². The van der Waals surface area contributed by atoms with Gasteiger partial charge in [0, 0.05) is 11.6 Å². The molecule has 2 rings (SSSR count). The summed E-state index contributed by atoms with van der Waals surface area (Å²) in [4.78, 5) is 24.0. The highest BCUT2D eigenvalue weighted by Crippen LogP contribution is 2.18. The Balaban J connectivity index is 2.10. The second-order valence-corrected chi connectivity index (χ2v) is 5.10. The summed E-state index contributed by atoms with van der Waals surface area (Å²) in [6, 6.07) is 5.80. The van der Waals surface area contributed by atoms with Crippen LogP contribution in [-0.4, -0.2) is 17.7 Å². The molecule has 1 aliphatic carbocycles. The fourth-order valence-electron chi connectivity index (χ4n) is 2.42. The van der Waals surface area contributed by atoms with E-state index in [1.807, 2.05) is 26.0 Å². The van der Waals surface area contributed by atoms with E-state index in [0.29, 0.717) is 5.56 Å². The van der Waals surface area contributed by atoms with Crippen LogP contribution in [0.2, 0.25) is 0 Å². The van der Waals surface area contributed by atoms with Gasteiger partial charge < -0.3 is 5.32 Å². The van der Waals surface area contributed by atoms with E-state index in [1.165, 1.54) is 0 Å². The molecule has 1 amide bonds. The summed E-state index contributed by atoms with van der Waals surface area (Å²) in [5.41, 5.74) is 2.37. The number of benzene rings is 1. The van der Waals surface area contributed by atoms with Gasteiger partial charge in [-0.25, -0.2) is 0 Å². The predicted molar refractivity (Wildman–Crippen MR) is 70.6 cm³/mol. The maximum atomic E-state index is 12.1. The summed E-state index contributed by atoms with van der Waals surface area (Å²) in [6.45, 7) is 3.78. The number of aryl methyl sites for hydroxylation is 2. The highest BCUT2D eigenvalue weighted by Gasteiger charge is 2.23. The number of hydrogen-bond donors (Lipinski definition) is 1. The van der Waals surface area contributed by atoms with Crippen molar-refractivity contribution in [1.82, 2.24) is 5.32 Å². The molecule has 0 saturated heterocycles. The minimum Gasteiger partial charge on any atom is -0.346 e. The zero-order chi connectivity index (χ0) is 13.1. The van der Waals surface area contributed by atoms with Crippen LogP contribution in [0, 0.1) is 13.8 Å². The molecule has 1 aromatic carbocycles. The van der Waals surface area contributed by atoms with Gasteiger partial charge in [0.05, 0.1) is 0 Å². The van der Waals surface area contributed by atoms with Crippen molar-refractivity contribution in [2.75, 3.05) is 0 Å². The molecule has 1 N–H and O–H groups in total. The second kappa shape index (κ2) is 5.34. The van der Waals surface area contributed by atoms with Gasteiger partial charge in [0.2, 0.25) is 5.78 Å². The van der Waals surface area contributed by atoms with E-state index in [0.717, 1.165) is 36.8 Å². The Kier molecular flexibility index (Phi) is 3.80. The Morgan fingerprint density at radius 1 is 1.17 bits per heavy atom. The Morgan fingerprint density at radius 2 is 1.83 bits per heavy atom. The average Bonchev–Trinajstić information content (AvgIpc) is 2.84. The van der Waals surface area contributed by atoms with Crippen LogP contribution in [-0.2, 0) is 4.79 Å². The average molecular weight is 245 g/mol. The molecule has 18 heavy (non-hydrogen) atoms. The van der Waals surface area contributed by atoms with Crippen LogP contribution >= 0.6 is 0 Å². The number of ketones is 1. The molecule has 0 heterocycles. The summed E-state index contributed by atoms with van der Waals surface area (Å²) >= 11 is 0. The third kappa shape index (κ3) is 2.78. The Bertz CT molecular complexity index is 473. The lowest BCUT2D eigenvalue weighted by molar-refractivity contribution is -0.117. The summed E-state index contributed by atoms with van der Waals surface area (Å²) < 4.78 is 0. The molecule has 0 atom stereocenters. The van der Waals surface area contributed by atoms with Crippen molar-refractivity contribution < 1.29 is 9.59 Å². The molecule has 3 heteroatoms. The van der Waals surface area contributed by atoms with Crippen molar-refractivity contribution in [3.8, 4) is 0 Å². The number of hydrogen-bond acceptors (Lipinski definition) is 2. The first-order valence-electron chi connectivity index (χ1n) is 6.50. The van der Waals surface area contributed by atoms with Gasteiger partial charge in [0.1, 0.15) is 0 Å². The van der Waals surface area contributed by atoms with Gasteiger partial charge in [0.25, 0.3) is 5.91 Å². The number of rotatable bonds is 3. The fraction of sp³-hybridized carbons (Fsp3) is 0.467. The largest absolute Gasteiger partial charge is 0.346 e. The third-order valence-electron chi connectivity index (χ3n) is 3.53. The zero-order valence-corrected chi connectivity index (χ0v) is 11.0. The van der Waals surface area contributed by atoms with Gasteiger partial charge in [-0.1, -0.05) is 30.5 Å². The minimum atomic E-state index is -0.462. The van der Waals surface area contributed by atoms with Gasteiger partial charge in [0.15, 0.2) is 0 Å². The van der Waals surface area contributed by atoms with Gasteiger partial charge in [-0.2, -0.15) is 0 Å². The molecule has 1 aliphatic rings. The monoisotopic (exact) mass is 245 g/mol. The Hall–Kier alpha value is -1.64. The first-order valence-corrected chi connectivity index (χ1v) is 6.50. The molecular weight excluding hydrogens is 226 g/mol. The summed E-state index contributed by atoms with van der Waals surface area (Å²) in [5, 5.41) is 2.84. The van der Waals surface area contributed by atoms with Gasteiger partial charge >= 0.3 is 0 Å². The molecule has 1 aromatic rings. The molecule has 0 spiro atoms. The maximum Gasteiger partial charge on any atom is 0.292 e. The quantitative estimate of drug-likeness (QED) is 0.657. The minimum absolute atomic E-state index is 0.187. The lowest BCUT2D eigenvalue weighted by Crippen LogP contribution is -2.38. The number of carbonyl (C=O) groups excluding carboxylic acids is 2. The highest BCUT2D eigenvalue weighted by atomic mass is 16.2. The van der Waals surface area contributed by atoms with Gasteiger partial charge in [-0.15, -0.1) is 0 Å². The molecular formula is C15H19NO2. The molecule has 0 unspecified atom stereocenters. The van der Waals surface area contributed by atoms with Crippen molar-refractivity contribution in [3.05, 3.63) is 34.9 Å². The molecule has 96 valence electrons. The zero-order valence-electron chi connectivity index (χ0n) is 11.0. The summed E-state index contributed by atoms with van der Waals surface area (Å²) in [5.74, 6) is -0.876. The van der Waals surface area contributed by atoms with Crippen LogP contribution in [0.25, 0.3) is 0 Å². The number of amides is 1. The van der Waals surface area contributed by atoms with E-state index in [-0.39, 0.29) is 6.04 Å². The van der Waals surface area contributed by atoms with Gasteiger partial charge in [-0.3, -0.25) is 9.59 Å². The normalized spacial score (nSPS) is 15.7. The summed E-state index contributed by atoms with van der Waals surface area (Å²) in [7, 11) is 0. The second-order valence-electron chi connectivity index (χ2n) is 5.10. The summed E-state index contributed by atoms with van der Waals surface area (Å²) in [6.07, 6.45) is 4.27. The molecule has 0 aromatic heterocycles. The van der Waals surface area contributed by atoms with Crippen molar-refractivity contribution in [1.29, 1.82) is 0 Å². The number of nitrogens with one attached hydrogen (secondary N) is 1. The maximum absolute atomic E-state index is 12.1. The molecule has 0 aliphatic heterocycles. The molecule has 0 radical (unpaired) electrons. The molecule has 0 bridgehead atoms. The van der Waals surface area contributed by atoms with Crippen LogP contribution in [0.1, 0.15) is 47.2 Å². The lowest BCUT2D eigenvalue weighted by Gasteiger charge is -2.12. The van der Waals surface area contributed by atoms with Crippen molar-refractivity contribution in [2.24, 2.45) is 0 Å². The predicted octanol–water partition coefficient (Wildman–Crippen LogP) is 2.54. The lowest BCUT2D eigenvalue weighted by atomic mass is 10.0. The molecule has 1 fully saturated rings. The highest BCUT2D eigenvalue weighted by molar-refractivity contribution is 6.43. The van der Waals surface area contributed by atoms with Crippen molar-refractivity contribution in [3.63, 3.8) is 0 Å². The van der Waals surface area contributed by atoms with Crippen LogP contribution in [0.4, 0.5) is 0 Å². The Labute approximate surface area is 108 Å². The fourth-order valence-corrected chi connectivity index (χ4v) is 2.42. The van der Waals surface area contributed by atoms with Crippen LogP contribution in [0.3, 0.4) is 0 Å². The smallest absolute Gasteiger partial charge is 0.292 e. The van der Waals surface area contributed by atoms with E-state index in [9.17, 15) is 9.59 Å².